The Kier molecular flexibility index (Phi) is 2.07. The first-order valence-electron chi connectivity index (χ1n) is 5.72. The van der Waals surface area contributed by atoms with Crippen molar-refractivity contribution in [3.8, 4) is 11.4 Å². The predicted octanol–water partition coefficient (Wildman–Crippen LogP) is 2.66. The van der Waals surface area contributed by atoms with Gasteiger partial charge in [0.2, 0.25) is 0 Å². The number of hydrogen-bond acceptors (Lipinski definition) is 3. The van der Waals surface area contributed by atoms with Gasteiger partial charge in [-0.2, -0.15) is 0 Å². The van der Waals surface area contributed by atoms with Crippen molar-refractivity contribution in [2.75, 3.05) is 0 Å². The summed E-state index contributed by atoms with van der Waals surface area (Å²) < 4.78 is 4.27. The molecule has 1 aliphatic heterocycles. The van der Waals surface area contributed by atoms with E-state index in [2.05, 4.69) is 55.9 Å². The molecule has 0 fully saturated rings. The molecule has 3 aromatic rings. The summed E-state index contributed by atoms with van der Waals surface area (Å²) in [4.78, 5) is 0. The highest BCUT2D eigenvalue weighted by atomic mass is 32.2. The molecule has 0 saturated carbocycles. The van der Waals surface area contributed by atoms with Gasteiger partial charge in [-0.05, 0) is 24.3 Å². The van der Waals surface area contributed by atoms with Crippen LogP contribution in [0.1, 0.15) is 5.82 Å². The van der Waals surface area contributed by atoms with E-state index >= 15 is 0 Å². The van der Waals surface area contributed by atoms with Crippen LogP contribution in [0.4, 0.5) is 0 Å². The molecule has 0 spiro atoms. The molecule has 0 amide bonds. The van der Waals surface area contributed by atoms with E-state index in [1.54, 1.807) is 18.1 Å². The average Bonchev–Trinajstić information content (AvgIpc) is 3.03. The van der Waals surface area contributed by atoms with Crippen molar-refractivity contribution in [2.24, 2.45) is 0 Å². The lowest BCUT2D eigenvalue weighted by molar-refractivity contribution is 0.882. The standard InChI is InChI=1S/C13H10N4S/c1-2-5-11-10(4-1)16-7-3-6-13(16)18-8-12-15-14-9-17(11)12/h1-7,9H,8H2. The van der Waals surface area contributed by atoms with Crippen LogP contribution in [0.2, 0.25) is 0 Å². The van der Waals surface area contributed by atoms with Gasteiger partial charge in [-0.15, -0.1) is 10.2 Å². The Hall–Kier alpha value is -2.01. The van der Waals surface area contributed by atoms with Crippen LogP contribution in [0.5, 0.6) is 0 Å². The van der Waals surface area contributed by atoms with E-state index in [4.69, 9.17) is 0 Å². The van der Waals surface area contributed by atoms with Crippen LogP contribution in [-0.2, 0) is 5.75 Å². The molecule has 0 radical (unpaired) electrons. The largest absolute Gasteiger partial charge is 0.310 e. The first kappa shape index (κ1) is 9.96. The quantitative estimate of drug-likeness (QED) is 0.618. The van der Waals surface area contributed by atoms with E-state index in [0.29, 0.717) is 0 Å². The Balaban J connectivity index is 2.08. The molecule has 3 heterocycles. The fourth-order valence-electron chi connectivity index (χ4n) is 2.25. The highest BCUT2D eigenvalue weighted by Gasteiger charge is 2.17. The summed E-state index contributed by atoms with van der Waals surface area (Å²) in [5.74, 6) is 1.82. The molecule has 88 valence electrons. The number of thioether (sulfide) groups is 1. The van der Waals surface area contributed by atoms with Crippen molar-refractivity contribution >= 4 is 11.8 Å². The molecule has 0 atom stereocenters. The maximum atomic E-state index is 4.20. The number of fused-ring (bicyclic) bond motifs is 5. The summed E-state index contributed by atoms with van der Waals surface area (Å²) in [5.41, 5.74) is 2.28. The number of aromatic nitrogens is 4. The van der Waals surface area contributed by atoms with E-state index < -0.39 is 0 Å². The van der Waals surface area contributed by atoms with Gasteiger partial charge >= 0.3 is 0 Å². The van der Waals surface area contributed by atoms with Crippen LogP contribution in [0.3, 0.4) is 0 Å². The first-order chi connectivity index (χ1) is 8.93. The third kappa shape index (κ3) is 1.34. The van der Waals surface area contributed by atoms with Crippen LogP contribution in [0, 0.1) is 0 Å². The van der Waals surface area contributed by atoms with Crippen molar-refractivity contribution in [1.29, 1.82) is 0 Å². The van der Waals surface area contributed by atoms with E-state index in [0.717, 1.165) is 23.0 Å². The van der Waals surface area contributed by atoms with Gasteiger partial charge in [0.15, 0.2) is 0 Å². The van der Waals surface area contributed by atoms with Crippen LogP contribution < -0.4 is 0 Å². The number of rotatable bonds is 0. The molecular weight excluding hydrogens is 244 g/mol. The highest BCUT2D eigenvalue weighted by Crippen LogP contribution is 2.31. The molecule has 0 bridgehead atoms. The fraction of sp³-hybridized carbons (Fsp3) is 0.0769. The first-order valence-corrected chi connectivity index (χ1v) is 6.71. The molecule has 18 heavy (non-hydrogen) atoms. The molecule has 4 rings (SSSR count). The molecule has 2 aromatic heterocycles. The Morgan fingerprint density at radius 2 is 1.83 bits per heavy atom. The number of nitrogens with zero attached hydrogens (tertiary/aromatic N) is 4. The lowest BCUT2D eigenvalue weighted by Crippen LogP contribution is -2.08. The third-order valence-corrected chi connectivity index (χ3v) is 4.11. The summed E-state index contributed by atoms with van der Waals surface area (Å²) in [5, 5.41) is 9.45. The molecule has 0 saturated heterocycles. The van der Waals surface area contributed by atoms with Crippen molar-refractivity contribution in [2.45, 2.75) is 10.8 Å². The van der Waals surface area contributed by atoms with Gasteiger partial charge in [0.1, 0.15) is 12.2 Å². The molecule has 0 N–H and O–H groups in total. The smallest absolute Gasteiger partial charge is 0.147 e. The molecule has 1 aromatic carbocycles. The number of hydrogen-bond donors (Lipinski definition) is 0. The molecule has 1 aliphatic rings. The van der Waals surface area contributed by atoms with Gasteiger partial charge in [-0.1, -0.05) is 23.9 Å². The minimum absolute atomic E-state index is 0.832. The van der Waals surface area contributed by atoms with E-state index in [1.807, 2.05) is 6.07 Å². The van der Waals surface area contributed by atoms with Crippen LogP contribution >= 0.6 is 11.8 Å². The van der Waals surface area contributed by atoms with Gasteiger partial charge < -0.3 is 4.57 Å². The van der Waals surface area contributed by atoms with Crippen molar-refractivity contribution < 1.29 is 0 Å². The molecular formula is C13H10N4S. The third-order valence-electron chi connectivity index (χ3n) is 3.08. The maximum Gasteiger partial charge on any atom is 0.147 e. The normalized spacial score (nSPS) is 13.1. The zero-order chi connectivity index (χ0) is 11.9. The van der Waals surface area contributed by atoms with E-state index in [9.17, 15) is 0 Å². The summed E-state index contributed by atoms with van der Waals surface area (Å²) in [6, 6.07) is 12.5. The summed E-state index contributed by atoms with van der Waals surface area (Å²) in [7, 11) is 0. The summed E-state index contributed by atoms with van der Waals surface area (Å²) >= 11 is 1.78. The van der Waals surface area contributed by atoms with Crippen molar-refractivity contribution in [1.82, 2.24) is 19.3 Å². The van der Waals surface area contributed by atoms with Crippen molar-refractivity contribution in [3.63, 3.8) is 0 Å². The summed E-state index contributed by atoms with van der Waals surface area (Å²) in [6.07, 6.45) is 3.87. The topological polar surface area (TPSA) is 35.6 Å². The van der Waals surface area contributed by atoms with Crippen LogP contribution in [0.25, 0.3) is 11.4 Å². The Labute approximate surface area is 108 Å². The number of para-hydroxylation sites is 2. The zero-order valence-electron chi connectivity index (χ0n) is 9.52. The van der Waals surface area contributed by atoms with Crippen molar-refractivity contribution in [3.05, 3.63) is 54.7 Å². The molecule has 4 nitrogen and oxygen atoms in total. The SMILES string of the molecule is c1ccc2c(c1)-n1cccc1SCc1nncn1-2. The highest BCUT2D eigenvalue weighted by molar-refractivity contribution is 7.98. The Bertz CT molecular complexity index is 652. The zero-order valence-corrected chi connectivity index (χ0v) is 10.3. The second-order valence-electron chi connectivity index (χ2n) is 4.11. The van der Waals surface area contributed by atoms with Crippen LogP contribution in [-0.4, -0.2) is 19.3 Å². The van der Waals surface area contributed by atoms with E-state index in [1.165, 1.54) is 5.03 Å². The Morgan fingerprint density at radius 3 is 2.72 bits per heavy atom. The average molecular weight is 254 g/mol. The predicted molar refractivity (Wildman–Crippen MR) is 70.2 cm³/mol. The van der Waals surface area contributed by atoms with Gasteiger partial charge in [0.05, 0.1) is 22.2 Å². The molecule has 0 aliphatic carbocycles. The second kappa shape index (κ2) is 3.74. The Morgan fingerprint density at radius 1 is 1.00 bits per heavy atom. The molecule has 0 unspecified atom stereocenters. The maximum absolute atomic E-state index is 4.20. The fourth-order valence-corrected chi connectivity index (χ4v) is 3.20. The second-order valence-corrected chi connectivity index (χ2v) is 5.11. The van der Waals surface area contributed by atoms with Crippen LogP contribution in [0.15, 0.2) is 53.9 Å². The van der Waals surface area contributed by atoms with E-state index in [-0.39, 0.29) is 0 Å². The lowest BCUT2D eigenvalue weighted by Gasteiger charge is -2.18. The number of benzene rings is 1. The monoisotopic (exact) mass is 254 g/mol. The molecule has 5 heteroatoms. The lowest BCUT2D eigenvalue weighted by atomic mass is 10.2. The minimum Gasteiger partial charge on any atom is -0.310 e. The minimum atomic E-state index is 0.832. The van der Waals surface area contributed by atoms with Gasteiger partial charge in [-0.3, -0.25) is 4.57 Å². The van der Waals surface area contributed by atoms with Gasteiger partial charge in [-0.25, -0.2) is 0 Å². The van der Waals surface area contributed by atoms with Gasteiger partial charge in [0.25, 0.3) is 0 Å². The van der Waals surface area contributed by atoms with Gasteiger partial charge in [0, 0.05) is 6.20 Å². The summed E-state index contributed by atoms with van der Waals surface area (Å²) in [6.45, 7) is 0.